The van der Waals surface area contributed by atoms with Gasteiger partial charge in [-0.1, -0.05) is 61.7 Å². The van der Waals surface area contributed by atoms with Crippen LogP contribution in [-0.4, -0.2) is 25.0 Å². The standard InChI is InChI=1S/C24H27NO4/c1-28-21-14-8-11-19(15-21)17-23(26)29-22(16-18-9-4-2-5-10-18)24(27)25-20-12-6-3-7-13-20/h2,4-5,8-11,14-16,20H,3,6-7,12-13,17H2,1H3,(H,25,27)/b22-16-. The molecule has 1 fully saturated rings. The van der Waals surface area contributed by atoms with Gasteiger partial charge in [-0.15, -0.1) is 0 Å². The van der Waals surface area contributed by atoms with Gasteiger partial charge in [-0.3, -0.25) is 9.59 Å². The quantitative estimate of drug-likeness (QED) is 0.433. The topological polar surface area (TPSA) is 64.6 Å². The lowest BCUT2D eigenvalue weighted by Gasteiger charge is -2.23. The molecule has 1 amide bonds. The van der Waals surface area contributed by atoms with Crippen LogP contribution >= 0.6 is 0 Å². The van der Waals surface area contributed by atoms with Crippen molar-refractivity contribution in [2.24, 2.45) is 0 Å². The molecule has 0 unspecified atom stereocenters. The predicted octanol–water partition coefficient (Wildman–Crippen LogP) is 4.27. The molecule has 3 rings (SSSR count). The molecular formula is C24H27NO4. The number of benzene rings is 2. The lowest BCUT2D eigenvalue weighted by molar-refractivity contribution is -0.142. The molecule has 0 heterocycles. The van der Waals surface area contributed by atoms with Gasteiger partial charge < -0.3 is 14.8 Å². The summed E-state index contributed by atoms with van der Waals surface area (Å²) in [7, 11) is 1.58. The summed E-state index contributed by atoms with van der Waals surface area (Å²) in [5.41, 5.74) is 1.57. The van der Waals surface area contributed by atoms with Gasteiger partial charge in [0.2, 0.25) is 0 Å². The number of carbonyl (C=O) groups is 2. The van der Waals surface area contributed by atoms with Crippen molar-refractivity contribution < 1.29 is 19.1 Å². The van der Waals surface area contributed by atoms with Gasteiger partial charge in [0.15, 0.2) is 5.76 Å². The first kappa shape index (κ1) is 20.6. The van der Waals surface area contributed by atoms with E-state index in [4.69, 9.17) is 9.47 Å². The van der Waals surface area contributed by atoms with Crippen LogP contribution in [0.1, 0.15) is 43.2 Å². The zero-order valence-corrected chi connectivity index (χ0v) is 16.7. The normalized spacial score (nSPS) is 14.9. The summed E-state index contributed by atoms with van der Waals surface area (Å²) in [6, 6.07) is 16.7. The van der Waals surface area contributed by atoms with Gasteiger partial charge in [0.05, 0.1) is 13.5 Å². The Balaban J connectivity index is 1.72. The van der Waals surface area contributed by atoms with Gasteiger partial charge in [0.25, 0.3) is 5.91 Å². The number of carbonyl (C=O) groups excluding carboxylic acids is 2. The first-order chi connectivity index (χ1) is 14.1. The van der Waals surface area contributed by atoms with Crippen LogP contribution in [0.15, 0.2) is 60.4 Å². The van der Waals surface area contributed by atoms with Gasteiger partial charge in [0, 0.05) is 6.04 Å². The van der Waals surface area contributed by atoms with Crippen molar-refractivity contribution >= 4 is 18.0 Å². The van der Waals surface area contributed by atoms with E-state index in [9.17, 15) is 9.59 Å². The van der Waals surface area contributed by atoms with E-state index in [0.29, 0.717) is 5.75 Å². The third kappa shape index (κ3) is 6.49. The molecule has 0 aliphatic heterocycles. The largest absolute Gasteiger partial charge is 0.497 e. The molecule has 5 heteroatoms. The Labute approximate surface area is 171 Å². The zero-order chi connectivity index (χ0) is 20.5. The van der Waals surface area contributed by atoms with Crippen molar-refractivity contribution in [3.63, 3.8) is 0 Å². The van der Waals surface area contributed by atoms with Crippen molar-refractivity contribution in [3.05, 3.63) is 71.5 Å². The molecule has 1 aliphatic carbocycles. The lowest BCUT2D eigenvalue weighted by atomic mass is 9.95. The maximum absolute atomic E-state index is 12.8. The van der Waals surface area contributed by atoms with Crippen LogP contribution < -0.4 is 10.1 Å². The predicted molar refractivity (Wildman–Crippen MR) is 112 cm³/mol. The minimum atomic E-state index is -0.487. The van der Waals surface area contributed by atoms with Crippen molar-refractivity contribution in [1.82, 2.24) is 5.32 Å². The number of esters is 1. The number of rotatable bonds is 7. The molecule has 5 nitrogen and oxygen atoms in total. The molecular weight excluding hydrogens is 366 g/mol. The summed E-state index contributed by atoms with van der Waals surface area (Å²) in [5.74, 6) is -0.140. The Hall–Kier alpha value is -3.08. The molecule has 152 valence electrons. The number of nitrogens with one attached hydrogen (secondary N) is 1. The van der Waals surface area contributed by atoms with Crippen LogP contribution in [0.5, 0.6) is 5.75 Å². The summed E-state index contributed by atoms with van der Waals surface area (Å²) < 4.78 is 10.7. The number of methoxy groups -OCH3 is 1. The maximum Gasteiger partial charge on any atom is 0.315 e. The Morgan fingerprint density at radius 2 is 1.79 bits per heavy atom. The molecule has 2 aromatic rings. The Morgan fingerprint density at radius 1 is 1.03 bits per heavy atom. The zero-order valence-electron chi connectivity index (χ0n) is 16.7. The summed E-state index contributed by atoms with van der Waals surface area (Å²) in [6.07, 6.45) is 7.01. The van der Waals surface area contributed by atoms with Crippen LogP contribution in [0, 0.1) is 0 Å². The highest BCUT2D eigenvalue weighted by Crippen LogP contribution is 2.19. The lowest BCUT2D eigenvalue weighted by Crippen LogP contribution is -2.37. The fourth-order valence-electron chi connectivity index (χ4n) is 3.45. The number of amides is 1. The Kier molecular flexibility index (Phi) is 7.45. The van der Waals surface area contributed by atoms with Crippen LogP contribution in [-0.2, 0) is 20.7 Å². The van der Waals surface area contributed by atoms with E-state index >= 15 is 0 Å². The third-order valence-corrected chi connectivity index (χ3v) is 4.97. The summed E-state index contributed by atoms with van der Waals surface area (Å²) in [4.78, 5) is 25.4. The van der Waals surface area contributed by atoms with Gasteiger partial charge in [-0.2, -0.15) is 0 Å². The minimum Gasteiger partial charge on any atom is -0.497 e. The Bertz CT molecular complexity index is 854. The van der Waals surface area contributed by atoms with Crippen molar-refractivity contribution in [2.45, 2.75) is 44.6 Å². The minimum absolute atomic E-state index is 0.0228. The molecule has 29 heavy (non-hydrogen) atoms. The van der Waals surface area contributed by atoms with Crippen LogP contribution in [0.3, 0.4) is 0 Å². The van der Waals surface area contributed by atoms with Crippen LogP contribution in [0.2, 0.25) is 0 Å². The molecule has 1 N–H and O–H groups in total. The highest BCUT2D eigenvalue weighted by atomic mass is 16.5. The number of hydrogen-bond donors (Lipinski definition) is 1. The number of ether oxygens (including phenoxy) is 2. The molecule has 1 saturated carbocycles. The SMILES string of the molecule is COc1cccc(CC(=O)O/C(=C\c2ccccc2)C(=O)NC2CCCCC2)c1. The Morgan fingerprint density at radius 3 is 2.52 bits per heavy atom. The molecule has 0 atom stereocenters. The van der Waals surface area contributed by atoms with Gasteiger partial charge in [-0.05, 0) is 42.2 Å². The van der Waals surface area contributed by atoms with Crippen molar-refractivity contribution in [3.8, 4) is 5.75 Å². The molecule has 1 aliphatic rings. The second-order valence-electron chi connectivity index (χ2n) is 7.23. The highest BCUT2D eigenvalue weighted by Gasteiger charge is 2.21. The van der Waals surface area contributed by atoms with E-state index in [2.05, 4.69) is 5.32 Å². The van der Waals surface area contributed by atoms with Crippen molar-refractivity contribution in [1.29, 1.82) is 0 Å². The maximum atomic E-state index is 12.8. The van der Waals surface area contributed by atoms with E-state index in [0.717, 1.165) is 36.8 Å². The fraction of sp³-hybridized carbons (Fsp3) is 0.333. The monoisotopic (exact) mass is 393 g/mol. The molecule has 0 saturated heterocycles. The summed E-state index contributed by atoms with van der Waals surface area (Å²) in [5, 5.41) is 3.02. The summed E-state index contributed by atoms with van der Waals surface area (Å²) in [6.45, 7) is 0. The van der Waals surface area contributed by atoms with Gasteiger partial charge >= 0.3 is 5.97 Å². The molecule has 0 spiro atoms. The third-order valence-electron chi connectivity index (χ3n) is 4.97. The van der Waals surface area contributed by atoms with E-state index < -0.39 is 5.97 Å². The molecule has 0 radical (unpaired) electrons. The molecule has 2 aromatic carbocycles. The van der Waals surface area contributed by atoms with Crippen LogP contribution in [0.4, 0.5) is 0 Å². The molecule has 0 aromatic heterocycles. The van der Waals surface area contributed by atoms with E-state index in [1.165, 1.54) is 6.42 Å². The smallest absolute Gasteiger partial charge is 0.315 e. The van der Waals surface area contributed by atoms with Gasteiger partial charge in [-0.25, -0.2) is 0 Å². The van der Waals surface area contributed by atoms with E-state index in [1.54, 1.807) is 19.3 Å². The average molecular weight is 393 g/mol. The van der Waals surface area contributed by atoms with Crippen LogP contribution in [0.25, 0.3) is 6.08 Å². The highest BCUT2D eigenvalue weighted by molar-refractivity contribution is 5.98. The average Bonchev–Trinajstić information content (AvgIpc) is 2.75. The second-order valence-corrected chi connectivity index (χ2v) is 7.23. The molecule has 0 bridgehead atoms. The first-order valence-corrected chi connectivity index (χ1v) is 10.1. The summed E-state index contributed by atoms with van der Waals surface area (Å²) >= 11 is 0. The van der Waals surface area contributed by atoms with E-state index in [1.807, 2.05) is 48.5 Å². The fourth-order valence-corrected chi connectivity index (χ4v) is 3.45. The number of hydrogen-bond acceptors (Lipinski definition) is 4. The van der Waals surface area contributed by atoms with Gasteiger partial charge in [0.1, 0.15) is 5.75 Å². The second kappa shape index (κ2) is 10.5. The van der Waals surface area contributed by atoms with Crippen molar-refractivity contribution in [2.75, 3.05) is 7.11 Å². The van der Waals surface area contributed by atoms with E-state index in [-0.39, 0.29) is 24.1 Å². The first-order valence-electron chi connectivity index (χ1n) is 10.1.